The molecular formula is C33H35ClN2O5. The van der Waals surface area contributed by atoms with Crippen molar-refractivity contribution >= 4 is 17.4 Å². The van der Waals surface area contributed by atoms with E-state index >= 15 is 0 Å². The van der Waals surface area contributed by atoms with Gasteiger partial charge in [0.25, 0.3) is 5.56 Å². The van der Waals surface area contributed by atoms with Crippen LogP contribution in [0.1, 0.15) is 53.4 Å². The van der Waals surface area contributed by atoms with Gasteiger partial charge >= 0.3 is 5.69 Å². The average Bonchev–Trinajstić information content (AvgIpc) is 2.91. The number of ether oxygens (including phenoxy) is 2. The van der Waals surface area contributed by atoms with E-state index in [1.807, 2.05) is 56.3 Å². The Balaban J connectivity index is 1.42. The summed E-state index contributed by atoms with van der Waals surface area (Å²) in [5, 5.41) is 0.402. The maximum atomic E-state index is 13.3. The summed E-state index contributed by atoms with van der Waals surface area (Å²) in [6.45, 7) is 10.9. The first-order valence-corrected chi connectivity index (χ1v) is 13.9. The van der Waals surface area contributed by atoms with Crippen LogP contribution >= 0.6 is 11.6 Å². The number of nitrogens with zero attached hydrogens (tertiary/aromatic N) is 2. The van der Waals surface area contributed by atoms with Gasteiger partial charge in [-0.3, -0.25) is 18.7 Å². The number of rotatable bonds is 10. The number of ketones is 1. The monoisotopic (exact) mass is 574 g/mol. The number of carbonyl (C=O) groups excluding carboxylic acids is 1. The number of carbonyl (C=O) groups is 1. The zero-order valence-corrected chi connectivity index (χ0v) is 24.8. The fourth-order valence-corrected chi connectivity index (χ4v) is 4.73. The van der Waals surface area contributed by atoms with Gasteiger partial charge in [0.1, 0.15) is 24.7 Å². The van der Waals surface area contributed by atoms with E-state index in [-0.39, 0.29) is 37.5 Å². The van der Waals surface area contributed by atoms with Gasteiger partial charge in [0, 0.05) is 22.8 Å². The van der Waals surface area contributed by atoms with Crippen molar-refractivity contribution in [2.24, 2.45) is 0 Å². The van der Waals surface area contributed by atoms with Crippen molar-refractivity contribution in [3.05, 3.63) is 127 Å². The highest BCUT2D eigenvalue weighted by molar-refractivity contribution is 6.31. The van der Waals surface area contributed by atoms with Gasteiger partial charge in [-0.1, -0.05) is 61.7 Å². The second-order valence-corrected chi connectivity index (χ2v) is 11.5. The minimum Gasteiger partial charge on any atom is -0.492 e. The van der Waals surface area contributed by atoms with Crippen LogP contribution in [-0.4, -0.2) is 28.1 Å². The predicted octanol–water partition coefficient (Wildman–Crippen LogP) is 5.97. The van der Waals surface area contributed by atoms with Gasteiger partial charge in [0.15, 0.2) is 5.78 Å². The third kappa shape index (κ3) is 7.55. The largest absolute Gasteiger partial charge is 0.492 e. The van der Waals surface area contributed by atoms with Crippen molar-refractivity contribution in [2.75, 3.05) is 13.2 Å². The quantitative estimate of drug-likeness (QED) is 0.218. The fourth-order valence-electron chi connectivity index (χ4n) is 4.56. The molecule has 0 aliphatic carbocycles. The highest BCUT2D eigenvalue weighted by Crippen LogP contribution is 2.27. The van der Waals surface area contributed by atoms with Gasteiger partial charge in [-0.15, -0.1) is 0 Å². The standard InChI is InChI=1S/C33H35ClN2O5/c1-22-18-23(2)20-24(19-22)31(38)28-21-26(34)8-11-29(28)41-17-15-36-30(37)12-13-35(32(36)39)14-16-40-27-9-6-25(7-10-27)33(3,4)5/h6-13,18-21H,14-17H2,1-5H3. The van der Waals surface area contributed by atoms with E-state index in [1.165, 1.54) is 22.4 Å². The number of halogens is 1. The molecule has 0 N–H and O–H groups in total. The predicted molar refractivity (Wildman–Crippen MR) is 162 cm³/mol. The molecule has 0 bridgehead atoms. The van der Waals surface area contributed by atoms with Crippen LogP contribution in [0.15, 0.2) is 82.5 Å². The molecule has 0 saturated heterocycles. The summed E-state index contributed by atoms with van der Waals surface area (Å²) < 4.78 is 14.3. The third-order valence-corrected chi connectivity index (χ3v) is 6.94. The smallest absolute Gasteiger partial charge is 0.331 e. The van der Waals surface area contributed by atoms with Crippen molar-refractivity contribution in [1.29, 1.82) is 0 Å². The highest BCUT2D eigenvalue weighted by atomic mass is 35.5. The van der Waals surface area contributed by atoms with Crippen molar-refractivity contribution in [2.45, 2.75) is 53.1 Å². The van der Waals surface area contributed by atoms with Crippen LogP contribution in [0.2, 0.25) is 5.02 Å². The Bertz CT molecular complexity index is 1640. The van der Waals surface area contributed by atoms with E-state index in [0.717, 1.165) is 15.7 Å². The average molecular weight is 575 g/mol. The maximum Gasteiger partial charge on any atom is 0.331 e. The van der Waals surface area contributed by atoms with Crippen LogP contribution in [0, 0.1) is 13.8 Å². The molecule has 0 saturated carbocycles. The Labute approximate surface area is 244 Å². The Morgan fingerprint density at radius 3 is 2.15 bits per heavy atom. The van der Waals surface area contributed by atoms with E-state index in [4.69, 9.17) is 21.1 Å². The number of aryl methyl sites for hydroxylation is 2. The van der Waals surface area contributed by atoms with Gasteiger partial charge < -0.3 is 9.47 Å². The number of hydrogen-bond donors (Lipinski definition) is 0. The van der Waals surface area contributed by atoms with Crippen molar-refractivity contribution in [3.63, 3.8) is 0 Å². The van der Waals surface area contributed by atoms with Gasteiger partial charge in [0.05, 0.1) is 18.7 Å². The molecule has 4 rings (SSSR count). The first-order valence-electron chi connectivity index (χ1n) is 13.5. The van der Waals surface area contributed by atoms with Crippen LogP contribution < -0.4 is 20.7 Å². The molecule has 214 valence electrons. The van der Waals surface area contributed by atoms with Gasteiger partial charge in [0.2, 0.25) is 0 Å². The second-order valence-electron chi connectivity index (χ2n) is 11.1. The first kappa shape index (κ1) is 29.9. The lowest BCUT2D eigenvalue weighted by Crippen LogP contribution is -2.40. The Morgan fingerprint density at radius 1 is 0.829 bits per heavy atom. The molecule has 0 spiro atoms. The van der Waals surface area contributed by atoms with Crippen molar-refractivity contribution < 1.29 is 14.3 Å². The zero-order valence-electron chi connectivity index (χ0n) is 24.1. The van der Waals surface area contributed by atoms with Crippen LogP contribution in [0.3, 0.4) is 0 Å². The first-order chi connectivity index (χ1) is 19.4. The van der Waals surface area contributed by atoms with Crippen molar-refractivity contribution in [1.82, 2.24) is 9.13 Å². The molecule has 3 aromatic carbocycles. The normalized spacial score (nSPS) is 11.4. The van der Waals surface area contributed by atoms with Gasteiger partial charge in [-0.2, -0.15) is 0 Å². The molecule has 41 heavy (non-hydrogen) atoms. The van der Waals surface area contributed by atoms with E-state index < -0.39 is 11.2 Å². The summed E-state index contributed by atoms with van der Waals surface area (Å²) in [6.07, 6.45) is 1.47. The van der Waals surface area contributed by atoms with Crippen LogP contribution in [0.5, 0.6) is 11.5 Å². The van der Waals surface area contributed by atoms with Crippen LogP contribution in [0.25, 0.3) is 0 Å². The summed E-state index contributed by atoms with van der Waals surface area (Å²) in [7, 11) is 0. The molecule has 7 nitrogen and oxygen atoms in total. The molecule has 0 unspecified atom stereocenters. The molecule has 0 aliphatic heterocycles. The molecule has 8 heteroatoms. The fraction of sp³-hybridized carbons (Fsp3) is 0.303. The molecular weight excluding hydrogens is 540 g/mol. The van der Waals surface area contributed by atoms with Crippen molar-refractivity contribution in [3.8, 4) is 11.5 Å². The van der Waals surface area contributed by atoms with Crippen LogP contribution in [0.4, 0.5) is 0 Å². The van der Waals surface area contributed by atoms with E-state index in [2.05, 4.69) is 20.8 Å². The topological polar surface area (TPSA) is 79.5 Å². The lowest BCUT2D eigenvalue weighted by atomic mass is 9.87. The Kier molecular flexibility index (Phi) is 9.18. The summed E-state index contributed by atoms with van der Waals surface area (Å²) in [5.41, 5.74) is 3.15. The minimum absolute atomic E-state index is 0.00451. The molecule has 0 aliphatic rings. The molecule has 1 aromatic heterocycles. The third-order valence-electron chi connectivity index (χ3n) is 6.70. The maximum absolute atomic E-state index is 13.3. The van der Waals surface area contributed by atoms with Gasteiger partial charge in [-0.25, -0.2) is 4.79 Å². The van der Waals surface area contributed by atoms with E-state index in [0.29, 0.717) is 27.6 Å². The summed E-state index contributed by atoms with van der Waals surface area (Å²) in [5.74, 6) is 0.817. The number of hydrogen-bond acceptors (Lipinski definition) is 5. The van der Waals surface area contributed by atoms with Crippen LogP contribution in [-0.2, 0) is 18.5 Å². The Morgan fingerprint density at radius 2 is 1.49 bits per heavy atom. The lowest BCUT2D eigenvalue weighted by molar-refractivity contribution is 0.103. The SMILES string of the molecule is Cc1cc(C)cc(C(=O)c2cc(Cl)ccc2OCCn2c(=O)ccn(CCOc3ccc(C(C)(C)C)cc3)c2=O)c1. The minimum atomic E-state index is -0.463. The molecule has 4 aromatic rings. The number of benzene rings is 3. The zero-order chi connectivity index (χ0) is 29.7. The summed E-state index contributed by atoms with van der Waals surface area (Å²) in [6, 6.07) is 19.7. The van der Waals surface area contributed by atoms with Gasteiger partial charge in [-0.05, 0) is 67.3 Å². The Hall–Kier alpha value is -4.10. The molecule has 1 heterocycles. The van der Waals surface area contributed by atoms with E-state index in [1.54, 1.807) is 18.2 Å². The second kappa shape index (κ2) is 12.6. The summed E-state index contributed by atoms with van der Waals surface area (Å²) >= 11 is 6.20. The summed E-state index contributed by atoms with van der Waals surface area (Å²) in [4.78, 5) is 38.9. The molecule has 0 amide bonds. The van der Waals surface area contributed by atoms with E-state index in [9.17, 15) is 14.4 Å². The molecule has 0 atom stereocenters. The highest BCUT2D eigenvalue weighted by Gasteiger charge is 2.17. The molecule has 0 radical (unpaired) electrons. The molecule has 0 fully saturated rings. The lowest BCUT2D eigenvalue weighted by Gasteiger charge is -2.19. The number of aromatic nitrogens is 2.